The highest BCUT2D eigenvalue weighted by atomic mass is 16.5. The Morgan fingerprint density at radius 1 is 1.64 bits per heavy atom. The molecular weight excluding hydrogens is 184 g/mol. The minimum absolute atomic E-state index is 0.349. The Morgan fingerprint density at radius 3 is 3.14 bits per heavy atom. The minimum atomic E-state index is -0.913. The van der Waals surface area contributed by atoms with Crippen LogP contribution in [0.25, 0.3) is 0 Å². The Kier molecular flexibility index (Phi) is 2.17. The predicted molar refractivity (Wildman–Crippen MR) is 46.6 cm³/mol. The van der Waals surface area contributed by atoms with E-state index in [1.54, 1.807) is 13.1 Å². The van der Waals surface area contributed by atoms with Gasteiger partial charge in [0, 0.05) is 11.8 Å². The molecular formula is C9H10N2O3. The first-order chi connectivity index (χ1) is 6.68. The lowest BCUT2D eigenvalue weighted by Gasteiger charge is -2.05. The topological polar surface area (TPSA) is 72.3 Å². The number of nitrogens with zero attached hydrogens (tertiary/aromatic N) is 2. The van der Waals surface area contributed by atoms with Crippen molar-refractivity contribution in [2.45, 2.75) is 26.1 Å². The van der Waals surface area contributed by atoms with Gasteiger partial charge in [0.15, 0.2) is 0 Å². The van der Waals surface area contributed by atoms with Gasteiger partial charge < -0.3 is 9.84 Å². The highest BCUT2D eigenvalue weighted by Gasteiger charge is 2.20. The SMILES string of the molecule is CC(C(=O)O)c1ncc2c(n1)COC2. The van der Waals surface area contributed by atoms with Crippen LogP contribution in [-0.4, -0.2) is 21.0 Å². The van der Waals surface area contributed by atoms with E-state index in [1.807, 2.05) is 0 Å². The predicted octanol–water partition coefficient (Wildman–Crippen LogP) is 0.695. The second-order valence-corrected chi connectivity index (χ2v) is 3.25. The van der Waals surface area contributed by atoms with E-state index in [1.165, 1.54) is 0 Å². The lowest BCUT2D eigenvalue weighted by Crippen LogP contribution is -2.12. The Labute approximate surface area is 80.8 Å². The average molecular weight is 194 g/mol. The van der Waals surface area contributed by atoms with E-state index in [0.29, 0.717) is 19.0 Å². The summed E-state index contributed by atoms with van der Waals surface area (Å²) in [6.45, 7) is 2.55. The number of hydrogen-bond acceptors (Lipinski definition) is 4. The highest BCUT2D eigenvalue weighted by Crippen LogP contribution is 2.19. The maximum absolute atomic E-state index is 10.7. The van der Waals surface area contributed by atoms with Crippen molar-refractivity contribution in [3.63, 3.8) is 0 Å². The second kappa shape index (κ2) is 3.34. The molecule has 0 saturated carbocycles. The fourth-order valence-corrected chi connectivity index (χ4v) is 1.28. The van der Waals surface area contributed by atoms with Crippen LogP contribution in [0.5, 0.6) is 0 Å². The molecule has 0 bridgehead atoms. The number of rotatable bonds is 2. The van der Waals surface area contributed by atoms with Crippen molar-refractivity contribution in [3.8, 4) is 0 Å². The van der Waals surface area contributed by atoms with Crippen molar-refractivity contribution >= 4 is 5.97 Å². The zero-order chi connectivity index (χ0) is 10.1. The van der Waals surface area contributed by atoms with Crippen LogP contribution in [0.15, 0.2) is 6.20 Å². The summed E-state index contributed by atoms with van der Waals surface area (Å²) >= 11 is 0. The van der Waals surface area contributed by atoms with E-state index in [-0.39, 0.29) is 0 Å². The molecule has 1 N–H and O–H groups in total. The van der Waals surface area contributed by atoms with E-state index in [2.05, 4.69) is 9.97 Å². The summed E-state index contributed by atoms with van der Waals surface area (Å²) in [6, 6.07) is 0. The van der Waals surface area contributed by atoms with Crippen LogP contribution in [-0.2, 0) is 22.7 Å². The van der Waals surface area contributed by atoms with Crippen molar-refractivity contribution < 1.29 is 14.6 Å². The van der Waals surface area contributed by atoms with Crippen LogP contribution in [0.4, 0.5) is 0 Å². The highest BCUT2D eigenvalue weighted by molar-refractivity contribution is 5.74. The number of carboxylic acid groups (broad SMARTS) is 1. The largest absolute Gasteiger partial charge is 0.481 e. The third kappa shape index (κ3) is 1.46. The molecule has 1 aromatic heterocycles. The van der Waals surface area contributed by atoms with Crippen molar-refractivity contribution in [1.82, 2.24) is 9.97 Å². The summed E-state index contributed by atoms with van der Waals surface area (Å²) in [6.07, 6.45) is 1.64. The van der Waals surface area contributed by atoms with E-state index < -0.39 is 11.9 Å². The van der Waals surface area contributed by atoms with Gasteiger partial charge >= 0.3 is 5.97 Å². The maximum Gasteiger partial charge on any atom is 0.313 e. The number of carbonyl (C=O) groups is 1. The summed E-state index contributed by atoms with van der Waals surface area (Å²) in [4.78, 5) is 18.8. The third-order valence-electron chi connectivity index (χ3n) is 2.23. The van der Waals surface area contributed by atoms with Crippen LogP contribution in [0.2, 0.25) is 0 Å². The second-order valence-electron chi connectivity index (χ2n) is 3.25. The van der Waals surface area contributed by atoms with Crippen LogP contribution >= 0.6 is 0 Å². The number of fused-ring (bicyclic) bond motifs is 1. The fraction of sp³-hybridized carbons (Fsp3) is 0.444. The normalized spacial score (nSPS) is 16.4. The smallest absolute Gasteiger partial charge is 0.313 e. The van der Waals surface area contributed by atoms with E-state index >= 15 is 0 Å². The van der Waals surface area contributed by atoms with Gasteiger partial charge in [-0.25, -0.2) is 9.97 Å². The van der Waals surface area contributed by atoms with Gasteiger partial charge in [-0.1, -0.05) is 0 Å². The first kappa shape index (κ1) is 9.08. The molecule has 0 aromatic carbocycles. The lowest BCUT2D eigenvalue weighted by molar-refractivity contribution is -0.138. The molecule has 0 fully saturated rings. The van der Waals surface area contributed by atoms with Crippen LogP contribution < -0.4 is 0 Å². The monoisotopic (exact) mass is 194 g/mol. The van der Waals surface area contributed by atoms with Crippen LogP contribution in [0, 0.1) is 0 Å². The molecule has 1 aromatic rings. The van der Waals surface area contributed by atoms with Gasteiger partial charge in [0.05, 0.1) is 18.9 Å². The number of aromatic nitrogens is 2. The quantitative estimate of drug-likeness (QED) is 0.750. The molecule has 5 heteroatoms. The first-order valence-corrected chi connectivity index (χ1v) is 4.33. The first-order valence-electron chi connectivity index (χ1n) is 4.33. The summed E-state index contributed by atoms with van der Waals surface area (Å²) in [5.74, 6) is -1.23. The number of ether oxygens (including phenoxy) is 1. The van der Waals surface area contributed by atoms with Crippen molar-refractivity contribution in [2.75, 3.05) is 0 Å². The van der Waals surface area contributed by atoms with E-state index in [9.17, 15) is 4.79 Å². The van der Waals surface area contributed by atoms with Crippen LogP contribution in [0.1, 0.15) is 29.9 Å². The van der Waals surface area contributed by atoms with Gasteiger partial charge in [-0.15, -0.1) is 0 Å². The Bertz CT molecular complexity index is 378. The van der Waals surface area contributed by atoms with Crippen molar-refractivity contribution in [2.24, 2.45) is 0 Å². The summed E-state index contributed by atoms with van der Waals surface area (Å²) < 4.78 is 5.16. The molecule has 5 nitrogen and oxygen atoms in total. The van der Waals surface area contributed by atoms with Crippen molar-refractivity contribution in [1.29, 1.82) is 0 Å². The van der Waals surface area contributed by atoms with E-state index in [0.717, 1.165) is 11.3 Å². The molecule has 0 spiro atoms. The molecule has 0 radical (unpaired) electrons. The number of aliphatic carboxylic acids is 1. The zero-order valence-electron chi connectivity index (χ0n) is 7.73. The lowest BCUT2D eigenvalue weighted by atomic mass is 10.1. The molecule has 1 aliphatic rings. The zero-order valence-corrected chi connectivity index (χ0v) is 7.73. The van der Waals surface area contributed by atoms with E-state index in [4.69, 9.17) is 9.84 Å². The molecule has 1 atom stereocenters. The molecule has 14 heavy (non-hydrogen) atoms. The molecule has 2 rings (SSSR count). The number of carboxylic acids is 1. The average Bonchev–Trinajstić information content (AvgIpc) is 2.62. The van der Waals surface area contributed by atoms with Crippen LogP contribution in [0.3, 0.4) is 0 Å². The minimum Gasteiger partial charge on any atom is -0.481 e. The molecule has 0 amide bonds. The Balaban J connectivity index is 2.33. The Hall–Kier alpha value is -1.49. The maximum atomic E-state index is 10.7. The molecule has 1 aliphatic heterocycles. The van der Waals surface area contributed by atoms with Gasteiger partial charge in [0.25, 0.3) is 0 Å². The standard InChI is InChI=1S/C9H10N2O3/c1-5(9(12)13)8-10-2-6-3-14-4-7(6)11-8/h2,5H,3-4H2,1H3,(H,12,13). The fourth-order valence-electron chi connectivity index (χ4n) is 1.28. The number of hydrogen-bond donors (Lipinski definition) is 1. The van der Waals surface area contributed by atoms with Crippen molar-refractivity contribution in [3.05, 3.63) is 23.3 Å². The van der Waals surface area contributed by atoms with Gasteiger partial charge in [-0.2, -0.15) is 0 Å². The summed E-state index contributed by atoms with van der Waals surface area (Å²) in [5, 5.41) is 8.77. The molecule has 2 heterocycles. The molecule has 0 saturated heterocycles. The van der Waals surface area contributed by atoms with Gasteiger partial charge in [0.2, 0.25) is 0 Å². The molecule has 74 valence electrons. The molecule has 0 aliphatic carbocycles. The van der Waals surface area contributed by atoms with Gasteiger partial charge in [-0.3, -0.25) is 4.79 Å². The molecule has 1 unspecified atom stereocenters. The van der Waals surface area contributed by atoms with Gasteiger partial charge in [-0.05, 0) is 6.92 Å². The van der Waals surface area contributed by atoms with Gasteiger partial charge in [0.1, 0.15) is 11.7 Å². The summed E-state index contributed by atoms with van der Waals surface area (Å²) in [5.41, 5.74) is 1.76. The third-order valence-corrected chi connectivity index (χ3v) is 2.23. The Morgan fingerprint density at radius 2 is 2.43 bits per heavy atom. The summed E-state index contributed by atoms with van der Waals surface area (Å²) in [7, 11) is 0.